The van der Waals surface area contributed by atoms with Crippen molar-refractivity contribution in [2.75, 3.05) is 13.1 Å². The lowest BCUT2D eigenvalue weighted by atomic mass is 10.0. The van der Waals surface area contributed by atoms with Gasteiger partial charge in [-0.3, -0.25) is 14.7 Å². The van der Waals surface area contributed by atoms with E-state index in [1.54, 1.807) is 0 Å². The van der Waals surface area contributed by atoms with E-state index in [2.05, 4.69) is 10.2 Å². The highest BCUT2D eigenvalue weighted by Gasteiger charge is 2.37. The molecule has 0 radical (unpaired) electrons. The number of nitrogens with one attached hydrogen (secondary N) is 1. The number of H-pyrrole nitrogens is 1. The first-order valence-electron chi connectivity index (χ1n) is 9.59. The van der Waals surface area contributed by atoms with Crippen LogP contribution in [0.15, 0.2) is 48.5 Å². The summed E-state index contributed by atoms with van der Waals surface area (Å²) in [5.41, 5.74) is 3.09. The number of aromatic amines is 1. The van der Waals surface area contributed by atoms with Crippen molar-refractivity contribution in [1.29, 1.82) is 0 Å². The van der Waals surface area contributed by atoms with Gasteiger partial charge in [0.2, 0.25) is 0 Å². The van der Waals surface area contributed by atoms with Gasteiger partial charge in [0.15, 0.2) is 5.69 Å². The Balaban J connectivity index is 1.54. The minimum absolute atomic E-state index is 0.0108. The number of amides is 2. The van der Waals surface area contributed by atoms with Gasteiger partial charge in [-0.15, -0.1) is 0 Å². The highest BCUT2D eigenvalue weighted by molar-refractivity contribution is 6.05. The van der Waals surface area contributed by atoms with Crippen molar-refractivity contribution >= 4 is 22.7 Å². The Labute approximate surface area is 164 Å². The van der Waals surface area contributed by atoms with E-state index in [4.69, 9.17) is 0 Å². The fourth-order valence-electron chi connectivity index (χ4n) is 3.84. The van der Waals surface area contributed by atoms with Crippen LogP contribution in [0.2, 0.25) is 0 Å². The average molecular weight is 376 g/mol. The number of rotatable bonds is 2. The van der Waals surface area contributed by atoms with Gasteiger partial charge in [0.05, 0.1) is 5.52 Å². The maximum atomic E-state index is 13.2. The molecule has 144 valence electrons. The zero-order valence-corrected chi connectivity index (χ0v) is 16.3. The number of para-hydroxylation sites is 1. The summed E-state index contributed by atoms with van der Waals surface area (Å²) in [7, 11) is 0. The Morgan fingerprint density at radius 2 is 1.54 bits per heavy atom. The summed E-state index contributed by atoms with van der Waals surface area (Å²) >= 11 is 0. The molecule has 2 aromatic carbocycles. The molecule has 3 aromatic rings. The second-order valence-electron chi connectivity index (χ2n) is 7.46. The van der Waals surface area contributed by atoms with E-state index in [0.717, 1.165) is 16.5 Å². The molecule has 1 aliphatic heterocycles. The van der Waals surface area contributed by atoms with E-state index in [1.165, 1.54) is 0 Å². The number of carbonyl (C=O) groups is 2. The molecule has 1 aromatic heterocycles. The van der Waals surface area contributed by atoms with Gasteiger partial charge in [0.25, 0.3) is 11.8 Å². The number of carbonyl (C=O) groups excluding carboxylic acids is 2. The average Bonchev–Trinajstić information content (AvgIpc) is 3.14. The summed E-state index contributed by atoms with van der Waals surface area (Å²) in [6.45, 7) is 6.99. The number of piperazine rings is 1. The van der Waals surface area contributed by atoms with Crippen LogP contribution >= 0.6 is 0 Å². The molecule has 6 nitrogen and oxygen atoms in total. The van der Waals surface area contributed by atoms with Crippen LogP contribution in [0.25, 0.3) is 10.9 Å². The van der Waals surface area contributed by atoms with Gasteiger partial charge in [0.1, 0.15) is 0 Å². The second-order valence-corrected chi connectivity index (χ2v) is 7.46. The van der Waals surface area contributed by atoms with Gasteiger partial charge in [0, 0.05) is 36.1 Å². The summed E-state index contributed by atoms with van der Waals surface area (Å²) in [5.74, 6) is -0.0871. The normalized spacial score (nSPS) is 19.8. The molecule has 28 heavy (non-hydrogen) atoms. The zero-order chi connectivity index (χ0) is 19.8. The topological polar surface area (TPSA) is 69.3 Å². The van der Waals surface area contributed by atoms with Crippen LogP contribution in [0.3, 0.4) is 0 Å². The molecule has 2 amide bonds. The van der Waals surface area contributed by atoms with Crippen molar-refractivity contribution in [3.05, 3.63) is 65.4 Å². The third-order valence-electron chi connectivity index (χ3n) is 5.76. The highest BCUT2D eigenvalue weighted by atomic mass is 16.2. The molecule has 0 spiro atoms. The van der Waals surface area contributed by atoms with Crippen LogP contribution in [0.4, 0.5) is 0 Å². The molecular weight excluding hydrogens is 352 g/mol. The SMILES string of the molecule is Cc1ccc(C(=O)N2CCN(C(=O)c3n[nH]c4ccccc34)[C@H](C)[C@H]2C)cc1. The fourth-order valence-corrected chi connectivity index (χ4v) is 3.84. The van der Waals surface area contributed by atoms with E-state index in [-0.39, 0.29) is 23.9 Å². The van der Waals surface area contributed by atoms with Crippen LogP contribution in [-0.4, -0.2) is 57.0 Å². The number of aromatic nitrogens is 2. The van der Waals surface area contributed by atoms with E-state index in [9.17, 15) is 9.59 Å². The molecule has 1 aliphatic rings. The van der Waals surface area contributed by atoms with Crippen molar-refractivity contribution in [3.8, 4) is 0 Å². The fraction of sp³-hybridized carbons (Fsp3) is 0.318. The number of aryl methyl sites for hydroxylation is 1. The molecule has 2 atom stereocenters. The molecular formula is C22H24N4O2. The van der Waals surface area contributed by atoms with Crippen molar-refractivity contribution in [3.63, 3.8) is 0 Å². The van der Waals surface area contributed by atoms with Crippen molar-refractivity contribution in [2.45, 2.75) is 32.9 Å². The first-order valence-corrected chi connectivity index (χ1v) is 9.59. The lowest BCUT2D eigenvalue weighted by molar-refractivity contribution is 0.0239. The Morgan fingerprint density at radius 1 is 0.929 bits per heavy atom. The van der Waals surface area contributed by atoms with Gasteiger partial charge < -0.3 is 9.80 Å². The smallest absolute Gasteiger partial charge is 0.275 e. The quantitative estimate of drug-likeness (QED) is 0.746. The number of benzene rings is 2. The van der Waals surface area contributed by atoms with Crippen molar-refractivity contribution in [2.24, 2.45) is 0 Å². The predicted octanol–water partition coefficient (Wildman–Crippen LogP) is 3.25. The van der Waals surface area contributed by atoms with Gasteiger partial charge in [-0.2, -0.15) is 5.10 Å². The molecule has 0 saturated carbocycles. The molecule has 1 N–H and O–H groups in total. The Hall–Kier alpha value is -3.15. The van der Waals surface area contributed by atoms with Crippen molar-refractivity contribution < 1.29 is 9.59 Å². The van der Waals surface area contributed by atoms with Gasteiger partial charge >= 0.3 is 0 Å². The van der Waals surface area contributed by atoms with E-state index in [0.29, 0.717) is 24.3 Å². The Kier molecular flexibility index (Phi) is 4.63. The first-order chi connectivity index (χ1) is 13.5. The molecule has 0 aliphatic carbocycles. The van der Waals surface area contributed by atoms with Gasteiger partial charge in [-0.05, 0) is 39.0 Å². The monoisotopic (exact) mass is 376 g/mol. The maximum Gasteiger partial charge on any atom is 0.275 e. The zero-order valence-electron chi connectivity index (χ0n) is 16.3. The number of hydrogen-bond acceptors (Lipinski definition) is 3. The molecule has 1 fully saturated rings. The van der Waals surface area contributed by atoms with E-state index in [1.807, 2.05) is 79.1 Å². The van der Waals surface area contributed by atoms with Crippen molar-refractivity contribution in [1.82, 2.24) is 20.0 Å². The summed E-state index contributed by atoms with van der Waals surface area (Å²) in [6, 6.07) is 15.1. The molecule has 0 bridgehead atoms. The summed E-state index contributed by atoms with van der Waals surface area (Å²) in [6.07, 6.45) is 0. The lowest BCUT2D eigenvalue weighted by Crippen LogP contribution is -2.60. The maximum absolute atomic E-state index is 13.2. The largest absolute Gasteiger partial charge is 0.332 e. The number of nitrogens with zero attached hydrogens (tertiary/aromatic N) is 3. The molecule has 6 heteroatoms. The van der Waals surface area contributed by atoms with Crippen LogP contribution in [-0.2, 0) is 0 Å². The van der Waals surface area contributed by atoms with Gasteiger partial charge in [-0.25, -0.2) is 0 Å². The second kappa shape index (κ2) is 7.11. The predicted molar refractivity (Wildman–Crippen MR) is 108 cm³/mol. The van der Waals surface area contributed by atoms with Crippen LogP contribution in [0, 0.1) is 6.92 Å². The minimum atomic E-state index is -0.105. The summed E-state index contributed by atoms with van der Waals surface area (Å²) in [5, 5.41) is 7.99. The summed E-state index contributed by atoms with van der Waals surface area (Å²) in [4.78, 5) is 29.8. The first kappa shape index (κ1) is 18.2. The number of fused-ring (bicyclic) bond motifs is 1. The number of hydrogen-bond donors (Lipinski definition) is 1. The molecule has 1 saturated heterocycles. The molecule has 4 rings (SSSR count). The lowest BCUT2D eigenvalue weighted by Gasteiger charge is -2.44. The third-order valence-corrected chi connectivity index (χ3v) is 5.76. The molecule has 0 unspecified atom stereocenters. The van der Waals surface area contributed by atoms with Crippen LogP contribution in [0.1, 0.15) is 40.3 Å². The van der Waals surface area contributed by atoms with Gasteiger partial charge in [-0.1, -0.05) is 35.9 Å². The molecule has 2 heterocycles. The Bertz CT molecular complexity index is 1020. The standard InChI is InChI=1S/C22H24N4O2/c1-14-8-10-17(11-9-14)21(27)25-12-13-26(16(3)15(25)2)22(28)20-18-6-4-5-7-19(18)23-24-20/h4-11,15-16H,12-13H2,1-3H3,(H,23,24)/t15-,16-/m1/s1. The Morgan fingerprint density at radius 3 is 2.21 bits per heavy atom. The minimum Gasteiger partial charge on any atom is -0.332 e. The third kappa shape index (κ3) is 3.05. The van der Waals surface area contributed by atoms with E-state index >= 15 is 0 Å². The van der Waals surface area contributed by atoms with E-state index < -0.39 is 0 Å². The summed E-state index contributed by atoms with van der Waals surface area (Å²) < 4.78 is 0. The highest BCUT2D eigenvalue weighted by Crippen LogP contribution is 2.24. The van der Waals surface area contributed by atoms with Crippen LogP contribution < -0.4 is 0 Å². The van der Waals surface area contributed by atoms with Crippen LogP contribution in [0.5, 0.6) is 0 Å².